The zero-order valence-electron chi connectivity index (χ0n) is 5.88. The predicted molar refractivity (Wildman–Crippen MR) is 38.9 cm³/mol. The summed E-state index contributed by atoms with van der Waals surface area (Å²) in [5.74, 6) is -0.364. The van der Waals surface area contributed by atoms with Crippen molar-refractivity contribution in [1.82, 2.24) is 0 Å². The quantitative estimate of drug-likeness (QED) is 0.361. The first kappa shape index (κ1) is 9.62. The highest BCUT2D eigenvalue weighted by Gasteiger charge is 2.03. The van der Waals surface area contributed by atoms with E-state index in [1.807, 2.05) is 19.1 Å². The Hall–Kier alpha value is -0.380. The molecule has 0 heterocycles. The van der Waals surface area contributed by atoms with Gasteiger partial charge < -0.3 is 0 Å². The molecule has 0 atom stereocenters. The van der Waals surface area contributed by atoms with E-state index in [0.717, 1.165) is 0 Å². The Morgan fingerprint density at radius 1 is 1.50 bits per heavy atom. The topological polar surface area (TPSA) is 34.1 Å². The predicted octanol–water partition coefficient (Wildman–Crippen LogP) is 1.64. The van der Waals surface area contributed by atoms with E-state index in [1.165, 1.54) is 0 Å². The summed E-state index contributed by atoms with van der Waals surface area (Å²) in [7, 11) is -4.24. The normalized spacial score (nSPS) is 12.6. The van der Waals surface area contributed by atoms with E-state index in [1.54, 1.807) is 0 Å². The van der Waals surface area contributed by atoms with Crippen LogP contribution in [-0.2, 0) is 10.2 Å². The van der Waals surface area contributed by atoms with Gasteiger partial charge >= 0.3 is 10.2 Å². The smallest absolute Gasteiger partial charge is 0.195 e. The maximum absolute atomic E-state index is 11.8. The Labute approximate surface area is 61.0 Å². The maximum Gasteiger partial charge on any atom is 0.302 e. The number of unbranched alkanes of at least 4 members (excludes halogenated alkanes) is 1. The van der Waals surface area contributed by atoms with E-state index in [2.05, 4.69) is 0 Å². The number of rotatable bonds is 4. The number of allylic oxidation sites excluding steroid dienone is 2. The van der Waals surface area contributed by atoms with Crippen LogP contribution in [0.2, 0.25) is 0 Å². The Morgan fingerprint density at radius 2 is 2.10 bits per heavy atom. The van der Waals surface area contributed by atoms with E-state index in [0.29, 0.717) is 12.8 Å². The van der Waals surface area contributed by atoms with Crippen LogP contribution in [-0.4, -0.2) is 14.2 Å². The highest BCUT2D eigenvalue weighted by Crippen LogP contribution is 1.98. The number of halogens is 1. The van der Waals surface area contributed by atoms with Crippen molar-refractivity contribution in [3.8, 4) is 0 Å². The second kappa shape index (κ2) is 4.44. The van der Waals surface area contributed by atoms with E-state index < -0.39 is 10.2 Å². The number of hydrogen-bond donors (Lipinski definition) is 0. The largest absolute Gasteiger partial charge is 0.302 e. The monoisotopic (exact) mass is 166 g/mol. The molecule has 0 unspecified atom stereocenters. The molecule has 0 aliphatic carbocycles. The molecule has 0 N–H and O–H groups in total. The van der Waals surface area contributed by atoms with E-state index >= 15 is 0 Å². The lowest BCUT2D eigenvalue weighted by Crippen LogP contribution is -1.96. The van der Waals surface area contributed by atoms with Crippen LogP contribution in [0.1, 0.15) is 19.8 Å². The van der Waals surface area contributed by atoms with E-state index in [-0.39, 0.29) is 5.75 Å². The highest BCUT2D eigenvalue weighted by atomic mass is 32.3. The summed E-state index contributed by atoms with van der Waals surface area (Å²) in [4.78, 5) is 0. The van der Waals surface area contributed by atoms with Crippen LogP contribution in [0, 0.1) is 0 Å². The Bertz CT molecular complexity index is 194. The van der Waals surface area contributed by atoms with Gasteiger partial charge in [-0.3, -0.25) is 0 Å². The van der Waals surface area contributed by atoms with Crippen LogP contribution in [0.3, 0.4) is 0 Å². The van der Waals surface area contributed by atoms with Gasteiger partial charge in [0, 0.05) is 0 Å². The molecule has 0 aliphatic rings. The molecule has 4 heteroatoms. The van der Waals surface area contributed by atoms with Gasteiger partial charge in [0.2, 0.25) is 0 Å². The first-order valence-electron chi connectivity index (χ1n) is 3.10. The third-order valence-corrected chi connectivity index (χ3v) is 1.77. The fourth-order valence-corrected chi connectivity index (χ4v) is 1.05. The molecule has 0 rings (SSSR count). The van der Waals surface area contributed by atoms with Crippen molar-refractivity contribution < 1.29 is 12.3 Å². The molecule has 0 bridgehead atoms. The van der Waals surface area contributed by atoms with Crippen molar-refractivity contribution in [3.05, 3.63) is 12.2 Å². The SMILES string of the molecule is CC=CCCCS(=O)(=O)F. The number of hydrogen-bond acceptors (Lipinski definition) is 2. The molecule has 0 amide bonds. The van der Waals surface area contributed by atoms with Gasteiger partial charge in [-0.05, 0) is 19.8 Å². The zero-order chi connectivity index (χ0) is 8.04. The lowest BCUT2D eigenvalue weighted by Gasteiger charge is -1.89. The summed E-state index contributed by atoms with van der Waals surface area (Å²) in [6.45, 7) is 1.84. The van der Waals surface area contributed by atoms with Gasteiger partial charge in [-0.2, -0.15) is 8.42 Å². The van der Waals surface area contributed by atoms with Gasteiger partial charge in [0.15, 0.2) is 0 Å². The van der Waals surface area contributed by atoms with Gasteiger partial charge in [0.05, 0.1) is 5.75 Å². The van der Waals surface area contributed by atoms with Gasteiger partial charge in [-0.1, -0.05) is 12.2 Å². The van der Waals surface area contributed by atoms with Gasteiger partial charge in [-0.25, -0.2) is 0 Å². The second-order valence-electron chi connectivity index (χ2n) is 1.95. The van der Waals surface area contributed by atoms with E-state index in [9.17, 15) is 12.3 Å². The van der Waals surface area contributed by atoms with Crippen LogP contribution in [0.25, 0.3) is 0 Å². The molecule has 0 spiro atoms. The van der Waals surface area contributed by atoms with Crippen molar-refractivity contribution in [2.75, 3.05) is 5.75 Å². The zero-order valence-corrected chi connectivity index (χ0v) is 6.70. The molecular formula is C6H11FO2S. The minimum atomic E-state index is -4.24. The minimum Gasteiger partial charge on any atom is -0.195 e. The molecule has 0 aromatic carbocycles. The molecule has 0 radical (unpaired) electrons. The van der Waals surface area contributed by atoms with Crippen molar-refractivity contribution in [2.45, 2.75) is 19.8 Å². The summed E-state index contributed by atoms with van der Waals surface area (Å²) in [5, 5.41) is 0. The molecule has 0 saturated carbocycles. The summed E-state index contributed by atoms with van der Waals surface area (Å²) < 4.78 is 31.6. The molecule has 60 valence electrons. The standard InChI is InChI=1S/C6H11FO2S/c1-2-3-4-5-6-10(7,8)9/h2-3H,4-6H2,1H3. The first-order valence-corrected chi connectivity index (χ1v) is 4.65. The fraction of sp³-hybridized carbons (Fsp3) is 0.667. The van der Waals surface area contributed by atoms with Crippen LogP contribution in [0.15, 0.2) is 12.2 Å². The summed E-state index contributed by atoms with van der Waals surface area (Å²) in [6, 6.07) is 0. The maximum atomic E-state index is 11.8. The van der Waals surface area contributed by atoms with Crippen molar-refractivity contribution in [3.63, 3.8) is 0 Å². The van der Waals surface area contributed by atoms with Crippen LogP contribution >= 0.6 is 0 Å². The molecule has 0 aromatic heterocycles. The van der Waals surface area contributed by atoms with Crippen molar-refractivity contribution >= 4 is 10.2 Å². The Morgan fingerprint density at radius 3 is 2.50 bits per heavy atom. The Balaban J connectivity index is 3.39. The Kier molecular flexibility index (Phi) is 4.27. The first-order chi connectivity index (χ1) is 4.56. The van der Waals surface area contributed by atoms with Crippen molar-refractivity contribution in [1.29, 1.82) is 0 Å². The highest BCUT2D eigenvalue weighted by molar-refractivity contribution is 7.86. The fourth-order valence-electron chi connectivity index (χ4n) is 0.540. The molecule has 0 aliphatic heterocycles. The molecule has 0 fully saturated rings. The van der Waals surface area contributed by atoms with Crippen LogP contribution in [0.5, 0.6) is 0 Å². The van der Waals surface area contributed by atoms with Crippen molar-refractivity contribution in [2.24, 2.45) is 0 Å². The van der Waals surface area contributed by atoms with Gasteiger partial charge in [0.25, 0.3) is 0 Å². The second-order valence-corrected chi connectivity index (χ2v) is 3.44. The minimum absolute atomic E-state index is 0.364. The summed E-state index contributed by atoms with van der Waals surface area (Å²) in [5.41, 5.74) is 0. The van der Waals surface area contributed by atoms with Crippen LogP contribution < -0.4 is 0 Å². The lowest BCUT2D eigenvalue weighted by molar-refractivity contribution is 0.549. The van der Waals surface area contributed by atoms with Gasteiger partial charge in [-0.15, -0.1) is 3.89 Å². The average molecular weight is 166 g/mol. The van der Waals surface area contributed by atoms with Gasteiger partial charge in [0.1, 0.15) is 0 Å². The molecule has 0 saturated heterocycles. The molecular weight excluding hydrogens is 155 g/mol. The molecule has 2 nitrogen and oxygen atoms in total. The van der Waals surface area contributed by atoms with Crippen LogP contribution in [0.4, 0.5) is 3.89 Å². The summed E-state index contributed by atoms with van der Waals surface area (Å²) >= 11 is 0. The lowest BCUT2D eigenvalue weighted by atomic mass is 10.3. The summed E-state index contributed by atoms with van der Waals surface area (Å²) in [6.07, 6.45) is 4.61. The third-order valence-electron chi connectivity index (χ3n) is 0.995. The average Bonchev–Trinajstić information content (AvgIpc) is 1.78. The van der Waals surface area contributed by atoms with E-state index in [4.69, 9.17) is 0 Å². The molecule has 10 heavy (non-hydrogen) atoms. The molecule has 0 aromatic rings. The third kappa shape index (κ3) is 7.62.